The Morgan fingerprint density at radius 3 is 2.73 bits per heavy atom. The molecule has 132 valence electrons. The Morgan fingerprint density at radius 1 is 1.23 bits per heavy atom. The van der Waals surface area contributed by atoms with E-state index in [-0.39, 0.29) is 5.92 Å². The molecule has 1 fully saturated rings. The lowest BCUT2D eigenvalue weighted by atomic mass is 9.80. The van der Waals surface area contributed by atoms with Crippen molar-refractivity contribution in [2.45, 2.75) is 38.5 Å². The van der Waals surface area contributed by atoms with Crippen LogP contribution in [0.2, 0.25) is 0 Å². The minimum atomic E-state index is 0.194. The molecule has 1 aromatic carbocycles. The zero-order valence-corrected chi connectivity index (χ0v) is 15.1. The molecule has 1 aliphatic carbocycles. The fourth-order valence-corrected chi connectivity index (χ4v) is 4.02. The number of aromatic nitrogens is 3. The topological polar surface area (TPSA) is 63.2 Å². The van der Waals surface area contributed by atoms with Crippen molar-refractivity contribution in [1.29, 1.82) is 5.26 Å². The maximum Gasteiger partial charge on any atom is 0.121 e. The lowest BCUT2D eigenvalue weighted by molar-refractivity contribution is 0.378. The van der Waals surface area contributed by atoms with E-state index in [0.29, 0.717) is 5.92 Å². The SMILES string of the molecule is COc1ccc(-c2cnn3ccnc(C4CCC(C#N)CC4)c23)cc1C. The van der Waals surface area contributed by atoms with Crippen molar-refractivity contribution in [3.8, 4) is 22.9 Å². The predicted octanol–water partition coefficient (Wildman–Crippen LogP) is 4.51. The molecular formula is C21H22N4O. The van der Waals surface area contributed by atoms with E-state index in [9.17, 15) is 0 Å². The summed E-state index contributed by atoms with van der Waals surface area (Å²) in [5, 5.41) is 13.7. The molecule has 0 spiro atoms. The summed E-state index contributed by atoms with van der Waals surface area (Å²) in [6.07, 6.45) is 9.58. The van der Waals surface area contributed by atoms with Crippen LogP contribution in [0.4, 0.5) is 0 Å². The highest BCUT2D eigenvalue weighted by Gasteiger charge is 2.26. The van der Waals surface area contributed by atoms with E-state index in [1.54, 1.807) is 7.11 Å². The highest BCUT2D eigenvalue weighted by molar-refractivity contribution is 5.82. The van der Waals surface area contributed by atoms with Gasteiger partial charge in [-0.2, -0.15) is 10.4 Å². The smallest absolute Gasteiger partial charge is 0.121 e. The lowest BCUT2D eigenvalue weighted by Gasteiger charge is -2.25. The summed E-state index contributed by atoms with van der Waals surface area (Å²) in [6.45, 7) is 2.05. The van der Waals surface area contributed by atoms with Crippen molar-refractivity contribution in [2.24, 2.45) is 5.92 Å². The quantitative estimate of drug-likeness (QED) is 0.700. The standard InChI is InChI=1S/C21H22N4O/c1-14-11-17(7-8-19(14)26-2)18-13-24-25-10-9-23-20(21(18)25)16-5-3-15(12-22)4-6-16/h7-11,13,15-16H,3-6H2,1-2H3. The van der Waals surface area contributed by atoms with Crippen molar-refractivity contribution >= 4 is 5.52 Å². The predicted molar refractivity (Wildman–Crippen MR) is 100 cm³/mol. The Bertz CT molecular complexity index is 977. The number of methoxy groups -OCH3 is 1. The lowest BCUT2D eigenvalue weighted by Crippen LogP contribution is -2.14. The zero-order chi connectivity index (χ0) is 18.1. The number of nitrogens with zero attached hydrogens (tertiary/aromatic N) is 4. The van der Waals surface area contributed by atoms with Crippen LogP contribution in [0, 0.1) is 24.2 Å². The van der Waals surface area contributed by atoms with Crippen LogP contribution in [0.15, 0.2) is 36.8 Å². The first-order valence-electron chi connectivity index (χ1n) is 9.08. The number of ether oxygens (including phenoxy) is 1. The van der Waals surface area contributed by atoms with Crippen LogP contribution in [-0.2, 0) is 0 Å². The van der Waals surface area contributed by atoms with Gasteiger partial charge in [0.25, 0.3) is 0 Å². The third-order valence-electron chi connectivity index (χ3n) is 5.46. The average molecular weight is 346 g/mol. The van der Waals surface area contributed by atoms with Crippen molar-refractivity contribution in [1.82, 2.24) is 14.6 Å². The van der Waals surface area contributed by atoms with Crippen molar-refractivity contribution in [3.05, 3.63) is 48.0 Å². The van der Waals surface area contributed by atoms with Gasteiger partial charge in [-0.1, -0.05) is 6.07 Å². The molecule has 0 N–H and O–H groups in total. The summed E-state index contributed by atoms with van der Waals surface area (Å²) in [4.78, 5) is 4.73. The maximum absolute atomic E-state index is 9.16. The van der Waals surface area contributed by atoms with Gasteiger partial charge >= 0.3 is 0 Å². The molecule has 5 nitrogen and oxygen atoms in total. The van der Waals surface area contributed by atoms with Gasteiger partial charge in [-0.15, -0.1) is 0 Å². The minimum Gasteiger partial charge on any atom is -0.496 e. The fraction of sp³-hybridized carbons (Fsp3) is 0.381. The Hall–Kier alpha value is -2.87. The van der Waals surface area contributed by atoms with Gasteiger partial charge in [-0.05, 0) is 55.9 Å². The first-order valence-corrected chi connectivity index (χ1v) is 9.08. The van der Waals surface area contributed by atoms with Crippen molar-refractivity contribution in [3.63, 3.8) is 0 Å². The molecule has 2 aromatic heterocycles. The van der Waals surface area contributed by atoms with Gasteiger partial charge in [0, 0.05) is 29.8 Å². The molecule has 0 aliphatic heterocycles. The second kappa shape index (κ2) is 6.80. The van der Waals surface area contributed by atoms with Gasteiger partial charge in [0.05, 0.1) is 30.6 Å². The van der Waals surface area contributed by atoms with Crippen LogP contribution in [0.5, 0.6) is 5.75 Å². The Labute approximate surface area is 153 Å². The maximum atomic E-state index is 9.16. The van der Waals surface area contributed by atoms with E-state index in [1.165, 1.54) is 0 Å². The molecule has 5 heteroatoms. The average Bonchev–Trinajstić information content (AvgIpc) is 3.12. The molecule has 3 aromatic rings. The monoisotopic (exact) mass is 346 g/mol. The number of nitriles is 1. The summed E-state index contributed by atoms with van der Waals surface area (Å²) >= 11 is 0. The molecule has 1 saturated carbocycles. The number of hydrogen-bond acceptors (Lipinski definition) is 4. The van der Waals surface area contributed by atoms with E-state index in [1.807, 2.05) is 29.2 Å². The molecule has 0 bridgehead atoms. The van der Waals surface area contributed by atoms with Crippen LogP contribution in [0.1, 0.15) is 42.9 Å². The summed E-state index contributed by atoms with van der Waals surface area (Å²) in [6, 6.07) is 8.63. The van der Waals surface area contributed by atoms with Gasteiger partial charge in [0.15, 0.2) is 0 Å². The Kier molecular flexibility index (Phi) is 4.34. The summed E-state index contributed by atoms with van der Waals surface area (Å²) in [7, 11) is 1.69. The van der Waals surface area contributed by atoms with Crippen LogP contribution in [-0.4, -0.2) is 21.7 Å². The molecule has 2 heterocycles. The molecule has 0 amide bonds. The normalized spacial score (nSPS) is 20.0. The first kappa shape index (κ1) is 16.6. The molecule has 0 saturated heterocycles. The summed E-state index contributed by atoms with van der Waals surface area (Å²) in [5.74, 6) is 1.47. The molecule has 0 unspecified atom stereocenters. The van der Waals surface area contributed by atoms with E-state index in [2.05, 4.69) is 30.2 Å². The molecule has 26 heavy (non-hydrogen) atoms. The minimum absolute atomic E-state index is 0.194. The van der Waals surface area contributed by atoms with Crippen molar-refractivity contribution in [2.75, 3.05) is 7.11 Å². The van der Waals surface area contributed by atoms with Crippen LogP contribution in [0.3, 0.4) is 0 Å². The third-order valence-corrected chi connectivity index (χ3v) is 5.46. The highest BCUT2D eigenvalue weighted by atomic mass is 16.5. The van der Waals surface area contributed by atoms with Crippen molar-refractivity contribution < 1.29 is 4.74 Å². The zero-order valence-electron chi connectivity index (χ0n) is 15.1. The first-order chi connectivity index (χ1) is 12.7. The van der Waals surface area contributed by atoms with Gasteiger partial charge in [-0.25, -0.2) is 4.52 Å². The van der Waals surface area contributed by atoms with Gasteiger partial charge in [0.1, 0.15) is 5.75 Å². The largest absolute Gasteiger partial charge is 0.496 e. The highest BCUT2D eigenvalue weighted by Crippen LogP contribution is 2.39. The Morgan fingerprint density at radius 2 is 2.04 bits per heavy atom. The Balaban J connectivity index is 1.78. The van der Waals surface area contributed by atoms with Crippen LogP contribution >= 0.6 is 0 Å². The molecule has 0 radical (unpaired) electrons. The second-order valence-electron chi connectivity index (χ2n) is 7.03. The number of fused-ring (bicyclic) bond motifs is 1. The van der Waals surface area contributed by atoms with E-state index >= 15 is 0 Å². The number of benzene rings is 1. The van der Waals surface area contributed by atoms with E-state index in [4.69, 9.17) is 15.0 Å². The van der Waals surface area contributed by atoms with Crippen LogP contribution < -0.4 is 4.74 Å². The van der Waals surface area contributed by atoms with Gasteiger partial charge in [0.2, 0.25) is 0 Å². The number of hydrogen-bond donors (Lipinski definition) is 0. The second-order valence-corrected chi connectivity index (χ2v) is 7.03. The number of rotatable bonds is 3. The molecule has 0 atom stereocenters. The molecule has 1 aliphatic rings. The van der Waals surface area contributed by atoms with Crippen LogP contribution in [0.25, 0.3) is 16.6 Å². The van der Waals surface area contributed by atoms with Gasteiger partial charge < -0.3 is 4.74 Å². The molecule has 4 rings (SSSR count). The van der Waals surface area contributed by atoms with Gasteiger partial charge in [-0.3, -0.25) is 4.98 Å². The number of aryl methyl sites for hydroxylation is 1. The summed E-state index contributed by atoms with van der Waals surface area (Å²) in [5.41, 5.74) is 5.51. The fourth-order valence-electron chi connectivity index (χ4n) is 4.02. The van der Waals surface area contributed by atoms with E-state index in [0.717, 1.165) is 59.3 Å². The summed E-state index contributed by atoms with van der Waals surface area (Å²) < 4.78 is 7.31. The third kappa shape index (κ3) is 2.82. The molecular weight excluding hydrogens is 324 g/mol. The van der Waals surface area contributed by atoms with E-state index < -0.39 is 0 Å².